The maximum Gasteiger partial charge on any atom is 0.152 e. The number of phenolic OH excluding ortho intramolecular Hbond substituents is 1. The molecule has 0 aliphatic rings. The van der Waals surface area contributed by atoms with E-state index in [1.807, 2.05) is 36.4 Å². The smallest absolute Gasteiger partial charge is 0.152 e. The van der Waals surface area contributed by atoms with Crippen LogP contribution >= 0.6 is 0 Å². The second-order valence-corrected chi connectivity index (χ2v) is 4.71. The number of aromatic nitrogens is 2. The number of aryl methyl sites for hydroxylation is 1. The Hall–Kier alpha value is -2.75. The Bertz CT molecular complexity index is 717. The summed E-state index contributed by atoms with van der Waals surface area (Å²) in [7, 11) is 0. The third-order valence-electron chi connectivity index (χ3n) is 3.06. The molecule has 3 N–H and O–H groups in total. The van der Waals surface area contributed by atoms with Crippen molar-refractivity contribution in [3.8, 4) is 17.0 Å². The Morgan fingerprint density at radius 2 is 1.85 bits per heavy atom. The standard InChI is InChI=1S/C16H15N3O/c1-11-5-7-13(8-6-11)17-16-10-15(18-19-16)12-3-2-4-14(20)9-12/h2-10,20H,1H3,(H2,17,18,19). The zero-order valence-electron chi connectivity index (χ0n) is 11.1. The average molecular weight is 265 g/mol. The molecule has 2 aromatic carbocycles. The number of hydrogen-bond donors (Lipinski definition) is 3. The molecule has 0 bridgehead atoms. The highest BCUT2D eigenvalue weighted by molar-refractivity contribution is 5.66. The molecule has 3 rings (SSSR count). The maximum absolute atomic E-state index is 9.49. The number of rotatable bonds is 3. The highest BCUT2D eigenvalue weighted by Crippen LogP contribution is 2.24. The van der Waals surface area contributed by atoms with Crippen molar-refractivity contribution in [3.63, 3.8) is 0 Å². The molecule has 4 heteroatoms. The molecule has 3 aromatic rings. The summed E-state index contributed by atoms with van der Waals surface area (Å²) in [4.78, 5) is 0. The van der Waals surface area contributed by atoms with Gasteiger partial charge >= 0.3 is 0 Å². The van der Waals surface area contributed by atoms with Crippen molar-refractivity contribution >= 4 is 11.5 Å². The zero-order valence-corrected chi connectivity index (χ0v) is 11.1. The predicted octanol–water partition coefficient (Wildman–Crippen LogP) is 3.83. The van der Waals surface area contributed by atoms with Crippen LogP contribution in [0.15, 0.2) is 54.6 Å². The van der Waals surface area contributed by atoms with Gasteiger partial charge in [0.25, 0.3) is 0 Å². The van der Waals surface area contributed by atoms with Gasteiger partial charge in [0.2, 0.25) is 0 Å². The number of anilines is 2. The molecule has 1 aromatic heterocycles. The van der Waals surface area contributed by atoms with Crippen LogP contribution in [0.2, 0.25) is 0 Å². The van der Waals surface area contributed by atoms with E-state index >= 15 is 0 Å². The first-order valence-corrected chi connectivity index (χ1v) is 6.39. The van der Waals surface area contributed by atoms with E-state index in [0.29, 0.717) is 0 Å². The first-order valence-electron chi connectivity index (χ1n) is 6.39. The van der Waals surface area contributed by atoms with Crippen LogP contribution in [0, 0.1) is 6.92 Å². The van der Waals surface area contributed by atoms with Gasteiger partial charge in [-0.05, 0) is 31.2 Å². The number of phenols is 1. The summed E-state index contributed by atoms with van der Waals surface area (Å²) in [6, 6.07) is 17.1. The van der Waals surface area contributed by atoms with Gasteiger partial charge in [0, 0.05) is 17.3 Å². The monoisotopic (exact) mass is 265 g/mol. The summed E-state index contributed by atoms with van der Waals surface area (Å²) in [5.41, 5.74) is 3.97. The largest absolute Gasteiger partial charge is 0.508 e. The molecule has 0 aliphatic heterocycles. The van der Waals surface area contributed by atoms with Crippen LogP contribution in [0.3, 0.4) is 0 Å². The second kappa shape index (κ2) is 5.09. The van der Waals surface area contributed by atoms with Crippen molar-refractivity contribution in [1.82, 2.24) is 10.2 Å². The molecular weight excluding hydrogens is 250 g/mol. The molecule has 0 saturated carbocycles. The molecule has 0 radical (unpaired) electrons. The third-order valence-corrected chi connectivity index (χ3v) is 3.06. The quantitative estimate of drug-likeness (QED) is 0.674. The lowest BCUT2D eigenvalue weighted by Gasteiger charge is -2.02. The molecule has 0 aliphatic carbocycles. The summed E-state index contributed by atoms with van der Waals surface area (Å²) in [5, 5.41) is 19.9. The van der Waals surface area contributed by atoms with Crippen LogP contribution in [-0.4, -0.2) is 15.3 Å². The van der Waals surface area contributed by atoms with Gasteiger partial charge in [0.15, 0.2) is 5.82 Å². The lowest BCUT2D eigenvalue weighted by molar-refractivity contribution is 0.475. The normalized spacial score (nSPS) is 10.4. The van der Waals surface area contributed by atoms with Crippen LogP contribution in [-0.2, 0) is 0 Å². The average Bonchev–Trinajstić information content (AvgIpc) is 2.90. The first kappa shape index (κ1) is 12.3. The summed E-state index contributed by atoms with van der Waals surface area (Å²) >= 11 is 0. The van der Waals surface area contributed by atoms with Crippen LogP contribution in [0.5, 0.6) is 5.75 Å². The van der Waals surface area contributed by atoms with Gasteiger partial charge in [0.1, 0.15) is 5.75 Å². The second-order valence-electron chi connectivity index (χ2n) is 4.71. The van der Waals surface area contributed by atoms with Crippen LogP contribution in [0.25, 0.3) is 11.3 Å². The summed E-state index contributed by atoms with van der Waals surface area (Å²) < 4.78 is 0. The molecule has 20 heavy (non-hydrogen) atoms. The van der Waals surface area contributed by atoms with Gasteiger partial charge in [-0.25, -0.2) is 0 Å². The fourth-order valence-electron chi connectivity index (χ4n) is 1.99. The van der Waals surface area contributed by atoms with E-state index in [2.05, 4.69) is 22.4 Å². The van der Waals surface area contributed by atoms with E-state index in [1.165, 1.54) is 5.56 Å². The van der Waals surface area contributed by atoms with Crippen molar-refractivity contribution < 1.29 is 5.11 Å². The zero-order chi connectivity index (χ0) is 13.9. The van der Waals surface area contributed by atoms with Crippen molar-refractivity contribution in [1.29, 1.82) is 0 Å². The molecule has 0 atom stereocenters. The van der Waals surface area contributed by atoms with Crippen LogP contribution in [0.4, 0.5) is 11.5 Å². The van der Waals surface area contributed by atoms with Crippen LogP contribution in [0.1, 0.15) is 5.56 Å². The lowest BCUT2D eigenvalue weighted by atomic mass is 10.1. The molecular formula is C16H15N3O. The Kier molecular flexibility index (Phi) is 3.13. The van der Waals surface area contributed by atoms with Crippen molar-refractivity contribution in [3.05, 3.63) is 60.2 Å². The third kappa shape index (κ3) is 2.64. The molecule has 0 saturated heterocycles. The molecule has 0 fully saturated rings. The Morgan fingerprint density at radius 1 is 1.05 bits per heavy atom. The lowest BCUT2D eigenvalue weighted by Crippen LogP contribution is -1.89. The molecule has 0 amide bonds. The van der Waals surface area contributed by atoms with E-state index in [1.54, 1.807) is 18.2 Å². The molecule has 0 unspecified atom stereocenters. The molecule has 0 spiro atoms. The number of nitrogens with one attached hydrogen (secondary N) is 2. The van der Waals surface area contributed by atoms with E-state index in [9.17, 15) is 5.11 Å². The van der Waals surface area contributed by atoms with Crippen molar-refractivity contribution in [2.75, 3.05) is 5.32 Å². The minimum atomic E-state index is 0.241. The fourth-order valence-corrected chi connectivity index (χ4v) is 1.99. The number of benzene rings is 2. The van der Waals surface area contributed by atoms with Gasteiger partial charge in [-0.2, -0.15) is 5.10 Å². The summed E-state index contributed by atoms with van der Waals surface area (Å²) in [6.07, 6.45) is 0. The number of aromatic amines is 1. The van der Waals surface area contributed by atoms with Gasteiger partial charge in [0.05, 0.1) is 5.69 Å². The Balaban J connectivity index is 1.82. The van der Waals surface area contributed by atoms with Crippen molar-refractivity contribution in [2.24, 2.45) is 0 Å². The van der Waals surface area contributed by atoms with E-state index in [4.69, 9.17) is 0 Å². The number of nitrogens with zero attached hydrogens (tertiary/aromatic N) is 1. The van der Waals surface area contributed by atoms with Gasteiger partial charge in [-0.1, -0.05) is 29.8 Å². The van der Waals surface area contributed by atoms with Gasteiger partial charge in [-0.15, -0.1) is 0 Å². The topological polar surface area (TPSA) is 60.9 Å². The minimum absolute atomic E-state index is 0.241. The fraction of sp³-hybridized carbons (Fsp3) is 0.0625. The van der Waals surface area contributed by atoms with E-state index in [-0.39, 0.29) is 5.75 Å². The first-order chi connectivity index (χ1) is 9.70. The number of H-pyrrole nitrogens is 1. The molecule has 4 nitrogen and oxygen atoms in total. The number of aromatic hydroxyl groups is 1. The van der Waals surface area contributed by atoms with Crippen molar-refractivity contribution in [2.45, 2.75) is 6.92 Å². The number of hydrogen-bond acceptors (Lipinski definition) is 3. The Morgan fingerprint density at radius 3 is 2.60 bits per heavy atom. The SMILES string of the molecule is Cc1ccc(Nc2cc(-c3cccc(O)c3)[nH]n2)cc1. The minimum Gasteiger partial charge on any atom is -0.508 e. The van der Waals surface area contributed by atoms with E-state index in [0.717, 1.165) is 22.8 Å². The molecule has 1 heterocycles. The summed E-state index contributed by atoms with van der Waals surface area (Å²) in [5.74, 6) is 0.984. The van der Waals surface area contributed by atoms with Gasteiger partial charge in [-0.3, -0.25) is 5.10 Å². The maximum atomic E-state index is 9.49. The summed E-state index contributed by atoms with van der Waals surface area (Å²) in [6.45, 7) is 2.05. The van der Waals surface area contributed by atoms with E-state index < -0.39 is 0 Å². The van der Waals surface area contributed by atoms with Crippen LogP contribution < -0.4 is 5.32 Å². The van der Waals surface area contributed by atoms with Gasteiger partial charge < -0.3 is 10.4 Å². The molecule has 100 valence electrons. The predicted molar refractivity (Wildman–Crippen MR) is 80.2 cm³/mol. The highest BCUT2D eigenvalue weighted by Gasteiger charge is 2.04. The highest BCUT2D eigenvalue weighted by atomic mass is 16.3. The Labute approximate surface area is 117 Å².